The molecule has 1 amide bonds. The Labute approximate surface area is 155 Å². The van der Waals surface area contributed by atoms with Crippen LogP contribution in [0.3, 0.4) is 0 Å². The van der Waals surface area contributed by atoms with Crippen LogP contribution in [0.2, 0.25) is 0 Å². The highest BCUT2D eigenvalue weighted by molar-refractivity contribution is 5.81. The number of benzene rings is 1. The molecule has 3 atom stereocenters. The minimum Gasteiger partial charge on any atom is -0.445 e. The minimum atomic E-state index is -1.21. The van der Waals surface area contributed by atoms with Crippen LogP contribution in [0, 0.1) is 11.8 Å². The Hall–Kier alpha value is -2.57. The Kier molecular flexibility index (Phi) is 5.98. The van der Waals surface area contributed by atoms with Crippen molar-refractivity contribution in [2.75, 3.05) is 0 Å². The number of rotatable bonds is 4. The van der Waals surface area contributed by atoms with Crippen molar-refractivity contribution in [2.45, 2.75) is 38.3 Å². The summed E-state index contributed by atoms with van der Waals surface area (Å²) < 4.78 is 46.3. The van der Waals surface area contributed by atoms with Crippen LogP contribution in [-0.4, -0.2) is 17.9 Å². The first kappa shape index (κ1) is 19.2. The molecule has 1 saturated carbocycles. The van der Waals surface area contributed by atoms with E-state index in [-0.39, 0.29) is 25.2 Å². The number of carbonyl (C=O) groups excluding carboxylic acids is 2. The van der Waals surface area contributed by atoms with Gasteiger partial charge in [0.25, 0.3) is 0 Å². The molecule has 1 fully saturated rings. The fourth-order valence-corrected chi connectivity index (χ4v) is 3.63. The second-order valence-electron chi connectivity index (χ2n) is 6.85. The van der Waals surface area contributed by atoms with Crippen LogP contribution >= 0.6 is 0 Å². The Balaban J connectivity index is 1.65. The predicted molar refractivity (Wildman–Crippen MR) is 92.4 cm³/mol. The molecule has 0 aromatic heterocycles. The van der Waals surface area contributed by atoms with Gasteiger partial charge in [0.15, 0.2) is 5.83 Å². The summed E-state index contributed by atoms with van der Waals surface area (Å²) in [5, 5.41) is 2.61. The lowest BCUT2D eigenvalue weighted by atomic mass is 9.73. The summed E-state index contributed by atoms with van der Waals surface area (Å²) in [7, 11) is 0. The fourth-order valence-electron chi connectivity index (χ4n) is 3.63. The standard InChI is InChI=1S/C20H20F3NO3/c21-16-10-18(23)17(22)9-15(16)14-7-6-13(25)8-19(14)24-20(26)27-11-12-4-2-1-3-5-12/h1-5,10,14-15,19H,6-9,11H2,(H,24,26)/t14?,15-,19+/m1/s1. The molecular weight excluding hydrogens is 359 g/mol. The maximum atomic E-state index is 14.2. The first-order chi connectivity index (χ1) is 12.9. The molecule has 1 unspecified atom stereocenters. The van der Waals surface area contributed by atoms with Gasteiger partial charge >= 0.3 is 6.09 Å². The summed E-state index contributed by atoms with van der Waals surface area (Å²) in [6.45, 7) is 0.0538. The number of ether oxygens (including phenoxy) is 1. The largest absolute Gasteiger partial charge is 0.445 e. The van der Waals surface area contributed by atoms with E-state index in [9.17, 15) is 22.8 Å². The molecule has 144 valence electrons. The number of allylic oxidation sites excluding steroid dienone is 4. The van der Waals surface area contributed by atoms with Crippen LogP contribution in [0.15, 0.2) is 53.9 Å². The molecule has 1 aromatic rings. The second-order valence-corrected chi connectivity index (χ2v) is 6.85. The third-order valence-electron chi connectivity index (χ3n) is 5.03. The van der Waals surface area contributed by atoms with E-state index in [4.69, 9.17) is 4.74 Å². The number of Topliss-reactive ketones (excluding diaryl/α,β-unsaturated/α-hetero) is 1. The van der Waals surface area contributed by atoms with Crippen molar-refractivity contribution >= 4 is 11.9 Å². The van der Waals surface area contributed by atoms with Crippen LogP contribution in [0.25, 0.3) is 0 Å². The third-order valence-corrected chi connectivity index (χ3v) is 5.03. The van der Waals surface area contributed by atoms with Crippen LogP contribution in [0.5, 0.6) is 0 Å². The quantitative estimate of drug-likeness (QED) is 0.827. The molecule has 0 bridgehead atoms. The van der Waals surface area contributed by atoms with Crippen LogP contribution in [0.4, 0.5) is 18.0 Å². The molecule has 0 aliphatic heterocycles. The average Bonchev–Trinajstić information content (AvgIpc) is 2.64. The number of ketones is 1. The van der Waals surface area contributed by atoms with E-state index in [0.29, 0.717) is 12.5 Å². The van der Waals surface area contributed by atoms with E-state index >= 15 is 0 Å². The van der Waals surface area contributed by atoms with Crippen molar-refractivity contribution in [1.82, 2.24) is 5.32 Å². The van der Waals surface area contributed by atoms with E-state index in [1.54, 1.807) is 12.1 Å². The smallest absolute Gasteiger partial charge is 0.407 e. The number of hydrogen-bond donors (Lipinski definition) is 1. The Morgan fingerprint density at radius 1 is 1.15 bits per heavy atom. The third kappa shape index (κ3) is 4.78. The molecule has 7 heteroatoms. The van der Waals surface area contributed by atoms with Crippen molar-refractivity contribution in [2.24, 2.45) is 11.8 Å². The molecule has 27 heavy (non-hydrogen) atoms. The van der Waals surface area contributed by atoms with Gasteiger partial charge < -0.3 is 10.1 Å². The van der Waals surface area contributed by atoms with Gasteiger partial charge in [-0.2, -0.15) is 0 Å². The highest BCUT2D eigenvalue weighted by Gasteiger charge is 2.40. The van der Waals surface area contributed by atoms with Gasteiger partial charge in [0, 0.05) is 37.3 Å². The molecule has 4 nitrogen and oxygen atoms in total. The zero-order valence-corrected chi connectivity index (χ0v) is 14.6. The van der Waals surface area contributed by atoms with Gasteiger partial charge in [0.05, 0.1) is 0 Å². The second kappa shape index (κ2) is 8.41. The average molecular weight is 379 g/mol. The summed E-state index contributed by atoms with van der Waals surface area (Å²) in [5.41, 5.74) is 0.799. The van der Waals surface area contributed by atoms with Crippen molar-refractivity contribution in [3.05, 3.63) is 59.5 Å². The lowest BCUT2D eigenvalue weighted by Gasteiger charge is -2.36. The maximum absolute atomic E-state index is 14.2. The molecule has 0 spiro atoms. The lowest BCUT2D eigenvalue weighted by Crippen LogP contribution is -2.47. The molecule has 2 aliphatic rings. The zero-order chi connectivity index (χ0) is 19.4. The Morgan fingerprint density at radius 3 is 2.63 bits per heavy atom. The number of nitrogens with one attached hydrogen (secondary N) is 1. The van der Waals surface area contributed by atoms with Gasteiger partial charge in [0.2, 0.25) is 0 Å². The molecule has 3 rings (SSSR count). The van der Waals surface area contributed by atoms with Crippen molar-refractivity contribution in [1.29, 1.82) is 0 Å². The van der Waals surface area contributed by atoms with Gasteiger partial charge in [-0.25, -0.2) is 18.0 Å². The fraction of sp³-hybridized carbons (Fsp3) is 0.400. The van der Waals surface area contributed by atoms with E-state index in [0.717, 1.165) is 5.56 Å². The summed E-state index contributed by atoms with van der Waals surface area (Å²) in [5.74, 6) is -4.47. The molecular formula is C20H20F3NO3. The van der Waals surface area contributed by atoms with Gasteiger partial charge in [-0.05, 0) is 17.9 Å². The van der Waals surface area contributed by atoms with Gasteiger partial charge in [-0.1, -0.05) is 30.3 Å². The van der Waals surface area contributed by atoms with Crippen LogP contribution in [0.1, 0.15) is 31.2 Å². The van der Waals surface area contributed by atoms with Crippen molar-refractivity contribution in [3.8, 4) is 0 Å². The molecule has 1 aromatic carbocycles. The number of hydrogen-bond acceptors (Lipinski definition) is 3. The van der Waals surface area contributed by atoms with Gasteiger partial charge in [0.1, 0.15) is 24.0 Å². The summed E-state index contributed by atoms with van der Waals surface area (Å²) in [6.07, 6.45) is -0.0635. The Morgan fingerprint density at radius 2 is 1.89 bits per heavy atom. The van der Waals surface area contributed by atoms with E-state index in [1.807, 2.05) is 18.2 Å². The van der Waals surface area contributed by atoms with E-state index in [1.165, 1.54) is 0 Å². The van der Waals surface area contributed by atoms with E-state index in [2.05, 4.69) is 5.32 Å². The zero-order valence-electron chi connectivity index (χ0n) is 14.6. The molecule has 2 aliphatic carbocycles. The van der Waals surface area contributed by atoms with Gasteiger partial charge in [-0.3, -0.25) is 4.79 Å². The molecule has 0 saturated heterocycles. The minimum absolute atomic E-state index is 0.0166. The number of amides is 1. The highest BCUT2D eigenvalue weighted by atomic mass is 19.2. The first-order valence-electron chi connectivity index (χ1n) is 8.84. The highest BCUT2D eigenvalue weighted by Crippen LogP contribution is 2.41. The van der Waals surface area contributed by atoms with Crippen molar-refractivity contribution < 1.29 is 27.5 Å². The maximum Gasteiger partial charge on any atom is 0.407 e. The molecule has 0 radical (unpaired) electrons. The Bertz CT molecular complexity index is 776. The van der Waals surface area contributed by atoms with Gasteiger partial charge in [-0.15, -0.1) is 0 Å². The summed E-state index contributed by atoms with van der Waals surface area (Å²) in [4.78, 5) is 23.9. The first-order valence-corrected chi connectivity index (χ1v) is 8.84. The number of carbonyl (C=O) groups is 2. The topological polar surface area (TPSA) is 55.4 Å². The lowest BCUT2D eigenvalue weighted by molar-refractivity contribution is -0.122. The number of halogens is 3. The normalized spacial score (nSPS) is 25.8. The monoisotopic (exact) mass is 379 g/mol. The summed E-state index contributed by atoms with van der Waals surface area (Å²) >= 11 is 0. The SMILES string of the molecule is O=C1CCC([C@H]2CC(F)=C(F)C=C2F)[C@@H](NC(=O)OCc2ccccc2)C1. The molecule has 1 N–H and O–H groups in total. The number of alkyl carbamates (subject to hydrolysis) is 1. The van der Waals surface area contributed by atoms with Crippen molar-refractivity contribution in [3.63, 3.8) is 0 Å². The molecule has 0 heterocycles. The van der Waals surface area contributed by atoms with Crippen LogP contribution < -0.4 is 5.32 Å². The predicted octanol–water partition coefficient (Wildman–Crippen LogP) is 4.67. The van der Waals surface area contributed by atoms with E-state index < -0.39 is 47.9 Å². The summed E-state index contributed by atoms with van der Waals surface area (Å²) in [6, 6.07) is 8.37. The van der Waals surface area contributed by atoms with Crippen LogP contribution in [-0.2, 0) is 16.1 Å².